The maximum absolute atomic E-state index is 13.6. The van der Waals surface area contributed by atoms with Crippen LogP contribution in [0.3, 0.4) is 0 Å². The first kappa shape index (κ1) is 15.0. The molecule has 0 spiro atoms. The number of aromatic carboxylic acids is 1. The van der Waals surface area contributed by atoms with E-state index in [0.29, 0.717) is 0 Å². The number of rotatable bonds is 3. The van der Waals surface area contributed by atoms with Gasteiger partial charge in [0.05, 0.1) is 10.2 Å². The van der Waals surface area contributed by atoms with Crippen LogP contribution in [0.5, 0.6) is 0 Å². The molecular formula is C13H7BrF2N2O3. The number of hydrogen-bond acceptors (Lipinski definition) is 3. The van der Waals surface area contributed by atoms with Crippen LogP contribution in [0.25, 0.3) is 0 Å². The van der Waals surface area contributed by atoms with Crippen molar-refractivity contribution >= 4 is 33.5 Å². The highest BCUT2D eigenvalue weighted by molar-refractivity contribution is 9.10. The molecule has 0 bridgehead atoms. The molecule has 1 amide bonds. The molecule has 0 fully saturated rings. The Balaban J connectivity index is 2.28. The van der Waals surface area contributed by atoms with Gasteiger partial charge < -0.3 is 10.4 Å². The average Bonchev–Trinajstić information content (AvgIpc) is 2.44. The van der Waals surface area contributed by atoms with Crippen LogP contribution in [0, 0.1) is 11.6 Å². The fourth-order valence-corrected chi connectivity index (χ4v) is 1.80. The number of carboxylic acids is 1. The number of pyridine rings is 1. The van der Waals surface area contributed by atoms with Gasteiger partial charge in [-0.25, -0.2) is 18.6 Å². The molecule has 0 aliphatic carbocycles. The Morgan fingerprint density at radius 2 is 1.81 bits per heavy atom. The average molecular weight is 357 g/mol. The van der Waals surface area contributed by atoms with Crippen molar-refractivity contribution in [3.05, 3.63) is 57.8 Å². The second-order valence-corrected chi connectivity index (χ2v) is 4.77. The van der Waals surface area contributed by atoms with Gasteiger partial charge >= 0.3 is 5.97 Å². The predicted molar refractivity (Wildman–Crippen MR) is 73.2 cm³/mol. The quantitative estimate of drug-likeness (QED) is 0.828. The zero-order valence-corrected chi connectivity index (χ0v) is 11.8. The molecule has 108 valence electrons. The van der Waals surface area contributed by atoms with Crippen molar-refractivity contribution in [3.8, 4) is 0 Å². The number of amides is 1. The van der Waals surface area contributed by atoms with Gasteiger partial charge in [0.1, 0.15) is 23.0 Å². The van der Waals surface area contributed by atoms with E-state index in [1.165, 1.54) is 18.2 Å². The second-order valence-electron chi connectivity index (χ2n) is 3.91. The summed E-state index contributed by atoms with van der Waals surface area (Å²) in [4.78, 5) is 26.2. The van der Waals surface area contributed by atoms with Crippen molar-refractivity contribution in [2.45, 2.75) is 0 Å². The molecule has 8 heteroatoms. The Kier molecular flexibility index (Phi) is 4.27. The molecule has 2 aromatic rings. The minimum atomic E-state index is -1.30. The third kappa shape index (κ3) is 3.40. The van der Waals surface area contributed by atoms with Gasteiger partial charge in [-0.05, 0) is 34.1 Å². The lowest BCUT2D eigenvalue weighted by molar-refractivity contribution is 0.0690. The van der Waals surface area contributed by atoms with E-state index in [2.05, 4.69) is 26.2 Å². The van der Waals surface area contributed by atoms with E-state index in [0.717, 1.165) is 12.1 Å². The third-order valence-corrected chi connectivity index (χ3v) is 3.07. The number of hydrogen-bond donors (Lipinski definition) is 2. The number of carboxylic acid groups (broad SMARTS) is 1. The first-order valence-electron chi connectivity index (χ1n) is 5.54. The number of carbonyl (C=O) groups is 2. The zero-order chi connectivity index (χ0) is 15.6. The van der Waals surface area contributed by atoms with E-state index in [1.807, 2.05) is 0 Å². The molecule has 5 nitrogen and oxygen atoms in total. The van der Waals surface area contributed by atoms with Crippen LogP contribution in [0.15, 0.2) is 34.8 Å². The Morgan fingerprint density at radius 1 is 1.14 bits per heavy atom. The molecular weight excluding hydrogens is 350 g/mol. The first-order valence-corrected chi connectivity index (χ1v) is 6.34. The summed E-state index contributed by atoms with van der Waals surface area (Å²) in [5.41, 5.74) is -0.925. The normalized spacial score (nSPS) is 10.2. The molecule has 0 atom stereocenters. The van der Waals surface area contributed by atoms with Crippen molar-refractivity contribution in [2.24, 2.45) is 0 Å². The van der Waals surface area contributed by atoms with Crippen LogP contribution < -0.4 is 5.32 Å². The van der Waals surface area contributed by atoms with Crippen LogP contribution in [0.2, 0.25) is 0 Å². The molecule has 1 heterocycles. The summed E-state index contributed by atoms with van der Waals surface area (Å²) in [6.07, 6.45) is 0. The molecule has 21 heavy (non-hydrogen) atoms. The maximum Gasteiger partial charge on any atom is 0.354 e. The number of carbonyl (C=O) groups excluding carboxylic acids is 1. The van der Waals surface area contributed by atoms with Gasteiger partial charge in [0, 0.05) is 6.07 Å². The monoisotopic (exact) mass is 356 g/mol. The Hall–Kier alpha value is -2.35. The van der Waals surface area contributed by atoms with E-state index in [9.17, 15) is 18.4 Å². The van der Waals surface area contributed by atoms with Gasteiger partial charge in [0.2, 0.25) is 0 Å². The molecule has 0 saturated heterocycles. The summed E-state index contributed by atoms with van der Waals surface area (Å²) in [6, 6.07) is 5.46. The highest BCUT2D eigenvalue weighted by Crippen LogP contribution is 2.23. The van der Waals surface area contributed by atoms with Crippen LogP contribution >= 0.6 is 15.9 Å². The molecule has 0 aliphatic heterocycles. The number of anilines is 1. The third-order valence-electron chi connectivity index (χ3n) is 2.46. The standard InChI is InChI=1S/C13H7BrF2N2O3/c14-6-4-8(16)11(5-7(6)15)18-12(19)9-2-1-3-10(17-9)13(20)21/h1-5H,(H,18,19)(H,20,21). The van der Waals surface area contributed by atoms with Gasteiger partial charge in [-0.1, -0.05) is 6.07 Å². The van der Waals surface area contributed by atoms with E-state index < -0.39 is 23.5 Å². The molecule has 0 radical (unpaired) electrons. The number of nitrogens with zero attached hydrogens (tertiary/aromatic N) is 1. The fraction of sp³-hybridized carbons (Fsp3) is 0. The molecule has 1 aromatic carbocycles. The van der Waals surface area contributed by atoms with Crippen LogP contribution in [0.4, 0.5) is 14.5 Å². The van der Waals surface area contributed by atoms with Gasteiger partial charge in [-0.3, -0.25) is 4.79 Å². The number of nitrogens with one attached hydrogen (secondary N) is 1. The van der Waals surface area contributed by atoms with Crippen LogP contribution in [-0.2, 0) is 0 Å². The first-order chi connectivity index (χ1) is 9.88. The number of benzene rings is 1. The second kappa shape index (κ2) is 5.96. The summed E-state index contributed by atoms with van der Waals surface area (Å²) in [5, 5.41) is 10.9. The smallest absolute Gasteiger partial charge is 0.354 e. The Morgan fingerprint density at radius 3 is 2.48 bits per heavy atom. The largest absolute Gasteiger partial charge is 0.477 e. The van der Waals surface area contributed by atoms with Crippen molar-refractivity contribution in [1.82, 2.24) is 4.98 Å². The van der Waals surface area contributed by atoms with Crippen LogP contribution in [-0.4, -0.2) is 22.0 Å². The molecule has 0 saturated carbocycles. The van der Waals surface area contributed by atoms with E-state index in [4.69, 9.17) is 5.11 Å². The molecule has 0 unspecified atom stereocenters. The molecule has 2 N–H and O–H groups in total. The highest BCUT2D eigenvalue weighted by Gasteiger charge is 2.15. The summed E-state index contributed by atoms with van der Waals surface area (Å²) in [7, 11) is 0. The summed E-state index contributed by atoms with van der Waals surface area (Å²) in [5.74, 6) is -3.74. The molecule has 2 rings (SSSR count). The van der Waals surface area contributed by atoms with Gasteiger partial charge in [-0.15, -0.1) is 0 Å². The Bertz CT molecular complexity index is 737. The topological polar surface area (TPSA) is 79.3 Å². The van der Waals surface area contributed by atoms with E-state index >= 15 is 0 Å². The number of aromatic nitrogens is 1. The fourth-order valence-electron chi connectivity index (χ4n) is 1.48. The van der Waals surface area contributed by atoms with Crippen LogP contribution in [0.1, 0.15) is 21.0 Å². The van der Waals surface area contributed by atoms with Gasteiger partial charge in [-0.2, -0.15) is 0 Å². The maximum atomic E-state index is 13.6. The molecule has 0 aliphatic rings. The molecule has 1 aromatic heterocycles. The van der Waals surface area contributed by atoms with Crippen molar-refractivity contribution in [3.63, 3.8) is 0 Å². The SMILES string of the molecule is O=C(O)c1cccc(C(=O)Nc2cc(F)c(Br)cc2F)n1. The Labute approximate surface area is 125 Å². The lowest BCUT2D eigenvalue weighted by atomic mass is 10.2. The number of halogens is 3. The van der Waals surface area contributed by atoms with E-state index in [-0.39, 0.29) is 21.5 Å². The highest BCUT2D eigenvalue weighted by atomic mass is 79.9. The lowest BCUT2D eigenvalue weighted by Crippen LogP contribution is -2.16. The van der Waals surface area contributed by atoms with Crippen molar-refractivity contribution in [1.29, 1.82) is 0 Å². The lowest BCUT2D eigenvalue weighted by Gasteiger charge is -2.07. The minimum absolute atomic E-state index is 0.0796. The predicted octanol–water partition coefficient (Wildman–Crippen LogP) is 3.07. The summed E-state index contributed by atoms with van der Waals surface area (Å²) < 4.78 is 26.8. The van der Waals surface area contributed by atoms with Gasteiger partial charge in [0.25, 0.3) is 5.91 Å². The minimum Gasteiger partial charge on any atom is -0.477 e. The van der Waals surface area contributed by atoms with Gasteiger partial charge in [0.15, 0.2) is 0 Å². The van der Waals surface area contributed by atoms with Crippen molar-refractivity contribution in [2.75, 3.05) is 5.32 Å². The summed E-state index contributed by atoms with van der Waals surface area (Å²) >= 11 is 2.81. The van der Waals surface area contributed by atoms with Crippen molar-refractivity contribution < 1.29 is 23.5 Å². The summed E-state index contributed by atoms with van der Waals surface area (Å²) in [6.45, 7) is 0. The zero-order valence-electron chi connectivity index (χ0n) is 10.2. The van der Waals surface area contributed by atoms with E-state index in [1.54, 1.807) is 0 Å².